The first-order valence-corrected chi connectivity index (χ1v) is 13.2. The normalized spacial score (nSPS) is 11.9. The Morgan fingerprint density at radius 3 is 2.54 bits per heavy atom. The SMILES string of the molecule is CCNc1cc2oc3cc(=[NH+]CC)c(C)cc-3c(-c3ccccc3C(=O)N(C)CCCCO)c2cc1C. The summed E-state index contributed by atoms with van der Waals surface area (Å²) in [5.74, 6) is 0.742. The number of unbranched alkanes of at least 4 members (excludes halogenated alkanes) is 1. The van der Waals surface area contributed by atoms with Crippen LogP contribution < -0.4 is 15.7 Å². The lowest BCUT2D eigenvalue weighted by Crippen LogP contribution is -2.76. The van der Waals surface area contributed by atoms with E-state index < -0.39 is 0 Å². The van der Waals surface area contributed by atoms with Gasteiger partial charge in [0.05, 0.1) is 6.07 Å². The predicted molar refractivity (Wildman–Crippen MR) is 150 cm³/mol. The number of nitrogens with zero attached hydrogens (tertiary/aromatic N) is 1. The van der Waals surface area contributed by atoms with E-state index in [-0.39, 0.29) is 12.5 Å². The van der Waals surface area contributed by atoms with Crippen LogP contribution in [0.15, 0.2) is 52.9 Å². The molecular formula is C31H38N3O3+. The van der Waals surface area contributed by atoms with Crippen LogP contribution in [0.25, 0.3) is 33.4 Å². The van der Waals surface area contributed by atoms with Gasteiger partial charge in [-0.3, -0.25) is 4.79 Å². The summed E-state index contributed by atoms with van der Waals surface area (Å²) in [6, 6.07) is 16.3. The molecule has 0 fully saturated rings. The summed E-state index contributed by atoms with van der Waals surface area (Å²) in [5, 5.41) is 14.6. The number of anilines is 1. The Hall–Kier alpha value is -3.64. The van der Waals surface area contributed by atoms with Gasteiger partial charge in [-0.05, 0) is 69.9 Å². The van der Waals surface area contributed by atoms with Crippen LogP contribution >= 0.6 is 0 Å². The average Bonchev–Trinajstić information content (AvgIpc) is 2.89. The number of carbonyl (C=O) groups is 1. The second kappa shape index (κ2) is 11.6. The van der Waals surface area contributed by atoms with Crippen molar-refractivity contribution in [1.29, 1.82) is 0 Å². The van der Waals surface area contributed by atoms with Gasteiger partial charge in [0.25, 0.3) is 5.91 Å². The molecule has 0 atom stereocenters. The summed E-state index contributed by atoms with van der Waals surface area (Å²) in [7, 11) is 1.83. The van der Waals surface area contributed by atoms with E-state index in [1.165, 1.54) is 0 Å². The van der Waals surface area contributed by atoms with Crippen LogP contribution in [-0.2, 0) is 0 Å². The van der Waals surface area contributed by atoms with Crippen molar-refractivity contribution in [2.45, 2.75) is 40.5 Å². The second-order valence-electron chi connectivity index (χ2n) is 9.57. The van der Waals surface area contributed by atoms with Gasteiger partial charge in [0, 0.05) is 66.1 Å². The highest BCUT2D eigenvalue weighted by Gasteiger charge is 2.24. The number of benzene rings is 3. The molecule has 0 bridgehead atoms. The van der Waals surface area contributed by atoms with Crippen molar-refractivity contribution in [3.63, 3.8) is 0 Å². The molecule has 2 aromatic carbocycles. The van der Waals surface area contributed by atoms with Gasteiger partial charge in [0.1, 0.15) is 17.9 Å². The lowest BCUT2D eigenvalue weighted by atomic mass is 9.89. The molecule has 4 rings (SSSR count). The number of rotatable bonds is 9. The van der Waals surface area contributed by atoms with Crippen molar-refractivity contribution in [2.24, 2.45) is 0 Å². The number of carbonyl (C=O) groups excluding carboxylic acids is 1. The summed E-state index contributed by atoms with van der Waals surface area (Å²) in [6.07, 6.45) is 1.44. The van der Waals surface area contributed by atoms with Crippen LogP contribution in [0.3, 0.4) is 0 Å². The Morgan fingerprint density at radius 1 is 1.03 bits per heavy atom. The molecule has 1 aliphatic carbocycles. The molecule has 2 aliphatic rings. The van der Waals surface area contributed by atoms with Gasteiger partial charge in [-0.2, -0.15) is 0 Å². The first-order valence-electron chi connectivity index (χ1n) is 13.2. The lowest BCUT2D eigenvalue weighted by Gasteiger charge is -2.22. The van der Waals surface area contributed by atoms with Gasteiger partial charge in [-0.15, -0.1) is 0 Å². The zero-order valence-corrected chi connectivity index (χ0v) is 22.6. The van der Waals surface area contributed by atoms with E-state index in [4.69, 9.17) is 9.52 Å². The number of fused-ring (bicyclic) bond motifs is 2. The lowest BCUT2D eigenvalue weighted by molar-refractivity contribution is -0.496. The van der Waals surface area contributed by atoms with Gasteiger partial charge in [-0.25, -0.2) is 4.99 Å². The largest absolute Gasteiger partial charge is 0.456 e. The maximum Gasteiger partial charge on any atom is 0.254 e. The van der Waals surface area contributed by atoms with Crippen LogP contribution in [0, 0.1) is 13.8 Å². The van der Waals surface area contributed by atoms with Crippen LogP contribution in [0.1, 0.15) is 48.2 Å². The smallest absolute Gasteiger partial charge is 0.254 e. The molecule has 0 radical (unpaired) electrons. The monoisotopic (exact) mass is 500 g/mol. The van der Waals surface area contributed by atoms with E-state index in [1.807, 2.05) is 31.3 Å². The highest BCUT2D eigenvalue weighted by molar-refractivity contribution is 6.09. The molecule has 0 saturated heterocycles. The van der Waals surface area contributed by atoms with E-state index >= 15 is 0 Å². The number of aryl methyl sites for hydroxylation is 2. The number of hydrogen-bond donors (Lipinski definition) is 3. The molecule has 1 amide bonds. The van der Waals surface area contributed by atoms with Gasteiger partial charge in [-0.1, -0.05) is 18.2 Å². The molecule has 6 nitrogen and oxygen atoms in total. The van der Waals surface area contributed by atoms with Gasteiger partial charge in [0.15, 0.2) is 0 Å². The van der Waals surface area contributed by atoms with Crippen LogP contribution in [-0.4, -0.2) is 49.2 Å². The summed E-state index contributed by atoms with van der Waals surface area (Å²) in [6.45, 7) is 10.7. The van der Waals surface area contributed by atoms with Crippen molar-refractivity contribution in [2.75, 3.05) is 38.6 Å². The quantitative estimate of drug-likeness (QED) is 0.239. The Balaban J connectivity index is 2.02. The number of amides is 1. The van der Waals surface area contributed by atoms with E-state index in [1.54, 1.807) is 4.90 Å². The molecule has 1 aliphatic heterocycles. The molecule has 194 valence electrons. The third-order valence-electron chi connectivity index (χ3n) is 6.82. The van der Waals surface area contributed by atoms with Gasteiger partial charge < -0.3 is 19.7 Å². The van der Waals surface area contributed by atoms with E-state index in [0.717, 1.165) is 75.1 Å². The fourth-order valence-electron chi connectivity index (χ4n) is 4.91. The van der Waals surface area contributed by atoms with Crippen molar-refractivity contribution in [3.05, 3.63) is 70.6 Å². The predicted octanol–water partition coefficient (Wildman–Crippen LogP) is 4.10. The molecule has 0 spiro atoms. The molecular weight excluding hydrogens is 462 g/mol. The summed E-state index contributed by atoms with van der Waals surface area (Å²) >= 11 is 0. The average molecular weight is 501 g/mol. The van der Waals surface area contributed by atoms with Crippen LogP contribution in [0.4, 0.5) is 5.69 Å². The number of aliphatic hydroxyl groups excluding tert-OH is 1. The van der Waals surface area contributed by atoms with Gasteiger partial charge >= 0.3 is 0 Å². The topological polar surface area (TPSA) is 79.7 Å². The molecule has 0 saturated carbocycles. The second-order valence-corrected chi connectivity index (χ2v) is 9.57. The Labute approximate surface area is 219 Å². The summed E-state index contributed by atoms with van der Waals surface area (Å²) in [5.41, 5.74) is 7.58. The zero-order valence-electron chi connectivity index (χ0n) is 22.6. The standard InChI is InChI=1S/C31H37N3O3/c1-6-32-26-18-28-24(16-20(26)3)30(25-17-21(4)27(33-7-2)19-29(25)37-28)22-12-8-9-13-23(22)31(36)34(5)14-10-11-15-35/h8-9,12-13,16-19,32,35H,6-7,10-11,14-15H2,1-5H3/p+1. The molecule has 0 unspecified atom stereocenters. The van der Waals surface area contributed by atoms with Crippen molar-refractivity contribution in [1.82, 2.24) is 4.90 Å². The summed E-state index contributed by atoms with van der Waals surface area (Å²) in [4.78, 5) is 18.8. The van der Waals surface area contributed by atoms with Gasteiger partial charge in [0.2, 0.25) is 5.36 Å². The van der Waals surface area contributed by atoms with E-state index in [2.05, 4.69) is 62.3 Å². The third-order valence-corrected chi connectivity index (χ3v) is 6.82. The van der Waals surface area contributed by atoms with E-state index in [0.29, 0.717) is 18.5 Å². The molecule has 2 aromatic rings. The number of aliphatic hydroxyl groups is 1. The molecule has 37 heavy (non-hydrogen) atoms. The minimum Gasteiger partial charge on any atom is -0.456 e. The van der Waals surface area contributed by atoms with Crippen LogP contribution in [0.2, 0.25) is 0 Å². The maximum absolute atomic E-state index is 13.6. The molecule has 6 heteroatoms. The fourth-order valence-corrected chi connectivity index (χ4v) is 4.91. The van der Waals surface area contributed by atoms with E-state index in [9.17, 15) is 4.79 Å². The minimum atomic E-state index is -0.0300. The fraction of sp³-hybridized carbons (Fsp3) is 0.355. The van der Waals surface area contributed by atoms with Crippen molar-refractivity contribution in [3.8, 4) is 22.5 Å². The summed E-state index contributed by atoms with van der Waals surface area (Å²) < 4.78 is 6.51. The highest BCUT2D eigenvalue weighted by atomic mass is 16.3. The molecule has 1 heterocycles. The Kier molecular flexibility index (Phi) is 8.29. The molecule has 0 aromatic heterocycles. The highest BCUT2D eigenvalue weighted by Crippen LogP contribution is 2.43. The first-order chi connectivity index (χ1) is 17.9. The number of hydrogen-bond acceptors (Lipinski definition) is 4. The first kappa shape index (κ1) is 26.4. The Bertz CT molecular complexity index is 1450. The number of nitrogens with one attached hydrogen (secondary N) is 2. The Morgan fingerprint density at radius 2 is 1.81 bits per heavy atom. The molecule has 3 N–H and O–H groups in total. The van der Waals surface area contributed by atoms with Crippen LogP contribution in [0.5, 0.6) is 0 Å². The van der Waals surface area contributed by atoms with Crippen molar-refractivity contribution < 1.29 is 19.3 Å². The minimum absolute atomic E-state index is 0.0300. The zero-order chi connectivity index (χ0) is 26.5. The van der Waals surface area contributed by atoms with Crippen molar-refractivity contribution >= 4 is 22.6 Å². The maximum atomic E-state index is 13.6. The third kappa shape index (κ3) is 5.39.